The summed E-state index contributed by atoms with van der Waals surface area (Å²) in [5, 5.41) is 10.0. The third kappa shape index (κ3) is 4.60. The van der Waals surface area contributed by atoms with Crippen molar-refractivity contribution in [3.05, 3.63) is 35.1 Å². The predicted molar refractivity (Wildman–Crippen MR) is 97.0 cm³/mol. The van der Waals surface area contributed by atoms with Gasteiger partial charge in [-0.15, -0.1) is 0 Å². The number of aryl methyl sites for hydroxylation is 1. The van der Waals surface area contributed by atoms with Gasteiger partial charge in [-0.1, -0.05) is 6.07 Å². The summed E-state index contributed by atoms with van der Waals surface area (Å²) < 4.78 is 14.3. The van der Waals surface area contributed by atoms with Crippen LogP contribution >= 0.6 is 0 Å². The third-order valence-corrected chi connectivity index (χ3v) is 5.53. The molecule has 2 aliphatic rings. The van der Waals surface area contributed by atoms with Crippen molar-refractivity contribution in [2.24, 2.45) is 5.92 Å². The van der Waals surface area contributed by atoms with E-state index in [1.807, 2.05) is 31.7 Å². The number of hydrogen-bond donors (Lipinski definition) is 1. The minimum Gasteiger partial charge on any atom is -0.390 e. The zero-order valence-corrected chi connectivity index (χ0v) is 15.6. The van der Waals surface area contributed by atoms with Crippen molar-refractivity contribution < 1.29 is 14.3 Å². The van der Waals surface area contributed by atoms with E-state index in [1.165, 1.54) is 6.07 Å². The van der Waals surface area contributed by atoms with E-state index in [9.17, 15) is 14.3 Å². The van der Waals surface area contributed by atoms with Crippen molar-refractivity contribution >= 4 is 5.91 Å². The first-order chi connectivity index (χ1) is 11.7. The Morgan fingerprint density at radius 1 is 1.16 bits per heavy atom. The van der Waals surface area contributed by atoms with Gasteiger partial charge in [-0.2, -0.15) is 0 Å². The second-order valence-electron chi connectivity index (χ2n) is 8.62. The molecule has 0 heterocycles. The van der Waals surface area contributed by atoms with Crippen LogP contribution in [0.2, 0.25) is 0 Å². The predicted octanol–water partition coefficient (Wildman–Crippen LogP) is 4.46. The Bertz CT molecular complexity index is 625. The molecule has 0 bridgehead atoms. The maximum absolute atomic E-state index is 14.3. The number of halogens is 1. The highest BCUT2D eigenvalue weighted by molar-refractivity contribution is 5.95. The number of amides is 1. The summed E-state index contributed by atoms with van der Waals surface area (Å²) in [5.41, 5.74) is 0.407. The molecule has 1 N–H and O–H groups in total. The van der Waals surface area contributed by atoms with Crippen molar-refractivity contribution in [2.45, 2.75) is 83.4 Å². The van der Waals surface area contributed by atoms with Gasteiger partial charge in [0.2, 0.25) is 0 Å². The molecule has 1 amide bonds. The molecule has 2 aliphatic carbocycles. The van der Waals surface area contributed by atoms with Crippen molar-refractivity contribution in [1.82, 2.24) is 4.90 Å². The van der Waals surface area contributed by atoms with Crippen molar-refractivity contribution in [1.29, 1.82) is 0 Å². The summed E-state index contributed by atoms with van der Waals surface area (Å²) in [7, 11) is 0. The molecule has 0 unspecified atom stereocenters. The molecule has 3 nitrogen and oxygen atoms in total. The van der Waals surface area contributed by atoms with Gasteiger partial charge in [0.1, 0.15) is 5.82 Å². The van der Waals surface area contributed by atoms with Crippen LogP contribution in [0, 0.1) is 18.7 Å². The summed E-state index contributed by atoms with van der Waals surface area (Å²) in [6, 6.07) is 5.37. The number of hydrogen-bond acceptors (Lipinski definition) is 2. The second kappa shape index (κ2) is 7.06. The first-order valence-electron chi connectivity index (χ1n) is 9.56. The molecule has 0 aliphatic heterocycles. The Labute approximate surface area is 150 Å². The zero-order chi connectivity index (χ0) is 18.2. The molecule has 0 atom stereocenters. The summed E-state index contributed by atoms with van der Waals surface area (Å²) in [5.74, 6) is -0.0409. The lowest BCUT2D eigenvalue weighted by Crippen LogP contribution is -2.44. The Morgan fingerprint density at radius 2 is 1.72 bits per heavy atom. The highest BCUT2D eigenvalue weighted by atomic mass is 19.1. The standard InChI is InChI=1S/C21H30FNO2/c1-14-4-11-18(19(22)12-14)20(24)23(17-9-10-17)16-7-5-15(6-8-16)13-21(2,3)25/h4,11-12,15-17,25H,5-10,13H2,1-3H3. The van der Waals surface area contributed by atoms with E-state index >= 15 is 0 Å². The fourth-order valence-electron chi connectivity index (χ4n) is 4.25. The molecule has 0 saturated heterocycles. The zero-order valence-electron chi connectivity index (χ0n) is 15.6. The normalized spacial score (nSPS) is 24.2. The quantitative estimate of drug-likeness (QED) is 0.854. The van der Waals surface area contributed by atoms with Gasteiger partial charge in [-0.25, -0.2) is 4.39 Å². The Morgan fingerprint density at radius 3 is 2.20 bits per heavy atom. The summed E-state index contributed by atoms with van der Waals surface area (Å²) in [6.07, 6.45) is 6.84. The lowest BCUT2D eigenvalue weighted by Gasteiger charge is -2.38. The van der Waals surface area contributed by atoms with Crippen LogP contribution in [0.3, 0.4) is 0 Å². The number of aliphatic hydroxyl groups is 1. The van der Waals surface area contributed by atoms with Crippen LogP contribution in [-0.2, 0) is 0 Å². The van der Waals surface area contributed by atoms with Gasteiger partial charge in [0.25, 0.3) is 5.91 Å². The molecule has 0 radical (unpaired) electrons. The van der Waals surface area contributed by atoms with Crippen LogP contribution in [0.1, 0.15) is 74.7 Å². The fourth-order valence-corrected chi connectivity index (χ4v) is 4.25. The van der Waals surface area contributed by atoms with Gasteiger partial charge in [-0.05, 0) is 89.3 Å². The van der Waals surface area contributed by atoms with Gasteiger partial charge in [0.05, 0.1) is 11.2 Å². The highest BCUT2D eigenvalue weighted by Crippen LogP contribution is 2.38. The monoisotopic (exact) mass is 347 g/mol. The van der Waals surface area contributed by atoms with Gasteiger partial charge in [-0.3, -0.25) is 4.79 Å². The summed E-state index contributed by atoms with van der Waals surface area (Å²) >= 11 is 0. The van der Waals surface area contributed by atoms with Crippen LogP contribution in [0.15, 0.2) is 18.2 Å². The molecule has 1 aromatic rings. The smallest absolute Gasteiger partial charge is 0.257 e. The highest BCUT2D eigenvalue weighted by Gasteiger charge is 2.40. The van der Waals surface area contributed by atoms with Gasteiger partial charge in [0.15, 0.2) is 0 Å². The molecule has 1 aromatic carbocycles. The minimum atomic E-state index is -0.630. The molecular weight excluding hydrogens is 317 g/mol. The Hall–Kier alpha value is -1.42. The average molecular weight is 347 g/mol. The van der Waals surface area contributed by atoms with Gasteiger partial charge < -0.3 is 10.0 Å². The summed E-state index contributed by atoms with van der Waals surface area (Å²) in [6.45, 7) is 5.55. The van der Waals surface area contributed by atoms with E-state index in [0.29, 0.717) is 5.92 Å². The maximum atomic E-state index is 14.3. The molecule has 2 fully saturated rings. The lowest BCUT2D eigenvalue weighted by atomic mass is 9.79. The third-order valence-electron chi connectivity index (χ3n) is 5.53. The number of benzene rings is 1. The average Bonchev–Trinajstić information content (AvgIpc) is 3.32. The van der Waals surface area contributed by atoms with E-state index in [1.54, 1.807) is 6.07 Å². The van der Waals surface area contributed by atoms with E-state index in [2.05, 4.69) is 0 Å². The number of carbonyl (C=O) groups is 1. The topological polar surface area (TPSA) is 40.5 Å². The van der Waals surface area contributed by atoms with Crippen LogP contribution in [0.5, 0.6) is 0 Å². The number of rotatable bonds is 5. The Kier molecular flexibility index (Phi) is 5.19. The largest absolute Gasteiger partial charge is 0.390 e. The molecule has 0 aromatic heterocycles. The fraction of sp³-hybridized carbons (Fsp3) is 0.667. The van der Waals surface area contributed by atoms with Crippen LogP contribution in [0.4, 0.5) is 4.39 Å². The van der Waals surface area contributed by atoms with Crippen molar-refractivity contribution in [2.75, 3.05) is 0 Å². The SMILES string of the molecule is Cc1ccc(C(=O)N(C2CCC(CC(C)(C)O)CC2)C2CC2)c(F)c1. The Balaban J connectivity index is 1.69. The molecule has 0 spiro atoms. The van der Waals surface area contributed by atoms with Crippen LogP contribution in [-0.4, -0.2) is 33.6 Å². The minimum absolute atomic E-state index is 0.147. The van der Waals surface area contributed by atoms with Crippen molar-refractivity contribution in [3.8, 4) is 0 Å². The van der Waals surface area contributed by atoms with Crippen molar-refractivity contribution in [3.63, 3.8) is 0 Å². The van der Waals surface area contributed by atoms with Crippen LogP contribution < -0.4 is 0 Å². The maximum Gasteiger partial charge on any atom is 0.257 e. The lowest BCUT2D eigenvalue weighted by molar-refractivity contribution is 0.0329. The molecule has 4 heteroatoms. The van der Waals surface area contributed by atoms with Crippen LogP contribution in [0.25, 0.3) is 0 Å². The summed E-state index contributed by atoms with van der Waals surface area (Å²) in [4.78, 5) is 15.0. The molecule has 3 rings (SSSR count). The van der Waals surface area contributed by atoms with E-state index in [4.69, 9.17) is 0 Å². The molecule has 2 saturated carbocycles. The molecule has 138 valence electrons. The van der Waals surface area contributed by atoms with Gasteiger partial charge >= 0.3 is 0 Å². The van der Waals surface area contributed by atoms with Gasteiger partial charge in [0, 0.05) is 12.1 Å². The van der Waals surface area contributed by atoms with E-state index in [-0.39, 0.29) is 23.6 Å². The first-order valence-corrected chi connectivity index (χ1v) is 9.56. The number of nitrogens with zero attached hydrogens (tertiary/aromatic N) is 1. The van der Waals surface area contributed by atoms with E-state index < -0.39 is 11.4 Å². The molecular formula is C21H30FNO2. The van der Waals surface area contributed by atoms with E-state index in [0.717, 1.165) is 50.5 Å². The first kappa shape index (κ1) is 18.4. The molecule has 25 heavy (non-hydrogen) atoms. The number of carbonyl (C=O) groups excluding carboxylic acids is 1. The second-order valence-corrected chi connectivity index (χ2v) is 8.62.